The Morgan fingerprint density at radius 2 is 1.91 bits per heavy atom. The average molecular weight is 206 g/mol. The van der Waals surface area contributed by atoms with Gasteiger partial charge in [-0.2, -0.15) is 0 Å². The molecule has 0 spiro atoms. The molecule has 0 aromatic rings. The van der Waals surface area contributed by atoms with Crippen LogP contribution in [0.1, 0.15) is 0 Å². The van der Waals surface area contributed by atoms with Crippen LogP contribution >= 0.6 is 6.72 Å². The van der Waals surface area contributed by atoms with Crippen molar-refractivity contribution in [2.75, 3.05) is 13.2 Å². The quantitative estimate of drug-likeness (QED) is 0.229. The van der Waals surface area contributed by atoms with Crippen LogP contribution in [0.3, 0.4) is 0 Å². The molecule has 0 rings (SSSR count). The maximum Gasteiger partial charge on any atom is 0.299 e. The molecule has 8 heteroatoms. The van der Waals surface area contributed by atoms with E-state index in [1.54, 1.807) is 0 Å². The normalized spacial score (nSPS) is 15.0. The van der Waals surface area contributed by atoms with Gasteiger partial charge in [-0.1, -0.05) is 0 Å². The van der Waals surface area contributed by atoms with Crippen molar-refractivity contribution < 1.29 is 29.1 Å². The second kappa shape index (κ2) is 5.23. The summed E-state index contributed by atoms with van der Waals surface area (Å²) < 4.78 is 4.41. The molecule has 0 amide bonds. The lowest BCUT2D eigenvalue weighted by molar-refractivity contribution is 0.0604. The van der Waals surface area contributed by atoms with Crippen molar-refractivity contribution in [1.82, 2.24) is 0 Å². The van der Waals surface area contributed by atoms with Crippen molar-refractivity contribution in [3.63, 3.8) is 0 Å². The van der Waals surface area contributed by atoms with Gasteiger partial charge in [0.1, 0.15) is 6.10 Å². The van der Waals surface area contributed by atoms with Crippen LogP contribution in [0.5, 0.6) is 0 Å². The second-order valence-corrected chi connectivity index (χ2v) is 5.35. The third-order valence-corrected chi connectivity index (χ3v) is 2.13. The molecule has 0 aliphatic carbocycles. The van der Waals surface area contributed by atoms with Gasteiger partial charge in [-0.05, 0) is 11.2 Å². The minimum atomic E-state index is -3.93. The number of aliphatic hydroxyl groups is 2. The maximum absolute atomic E-state index is 8.64. The van der Waals surface area contributed by atoms with Gasteiger partial charge in [-0.3, -0.25) is 0 Å². The van der Waals surface area contributed by atoms with Gasteiger partial charge in [0.15, 0.2) is 0 Å². The minimum Gasteiger partial charge on any atom is -0.394 e. The first-order chi connectivity index (χ1) is 4.95. The van der Waals surface area contributed by atoms with Gasteiger partial charge >= 0.3 is 0 Å². The Labute approximate surface area is 67.1 Å². The van der Waals surface area contributed by atoms with E-state index in [-0.39, 0.29) is 17.8 Å². The lowest BCUT2D eigenvalue weighted by Gasteiger charge is -2.06. The first-order valence-electron chi connectivity index (χ1n) is 2.66. The van der Waals surface area contributed by atoms with Crippen molar-refractivity contribution in [3.05, 3.63) is 0 Å². The van der Waals surface area contributed by atoms with Crippen molar-refractivity contribution >= 4 is 17.9 Å². The van der Waals surface area contributed by atoms with Gasteiger partial charge in [0.2, 0.25) is 0 Å². The zero-order valence-electron chi connectivity index (χ0n) is 5.53. The first-order valence-corrected chi connectivity index (χ1v) is 5.83. The molecule has 5 N–H and O–H groups in total. The van der Waals surface area contributed by atoms with Crippen molar-refractivity contribution in [2.24, 2.45) is 0 Å². The number of hydrogen-bond donors (Lipinski definition) is 6. The predicted molar refractivity (Wildman–Crippen MR) is 41.4 cm³/mol. The summed E-state index contributed by atoms with van der Waals surface area (Å²) in [5.74, 6) is 0. The molecule has 0 aromatic carbocycles. The second-order valence-electron chi connectivity index (χ2n) is 1.75. The van der Waals surface area contributed by atoms with Crippen LogP contribution < -0.4 is 0 Å². The zero-order valence-corrected chi connectivity index (χ0v) is 7.32. The van der Waals surface area contributed by atoms with Gasteiger partial charge in [-0.25, -0.2) is 0 Å². The topological polar surface area (TPSA) is 110 Å². The molecule has 0 saturated carbocycles. The molecule has 1 atom stereocenters. The summed E-state index contributed by atoms with van der Waals surface area (Å²) in [5.41, 5.74) is 0. The Kier molecular flexibility index (Phi) is 5.49. The van der Waals surface area contributed by atoms with E-state index in [2.05, 4.69) is 4.18 Å². The number of hydrogen-bond acceptors (Lipinski definition) is 3. The molecule has 0 fully saturated rings. The van der Waals surface area contributed by atoms with E-state index in [9.17, 15) is 0 Å². The molecule has 0 radical (unpaired) electrons. The van der Waals surface area contributed by atoms with Gasteiger partial charge in [0.25, 0.3) is 6.72 Å². The highest BCUT2D eigenvalue weighted by atomic mass is 32.5. The Bertz CT molecular complexity index is 146. The molecular weight excluding hydrogens is 195 g/mol. The van der Waals surface area contributed by atoms with E-state index < -0.39 is 19.4 Å². The Balaban J connectivity index is 3.57. The van der Waals surface area contributed by atoms with Crippen LogP contribution in [0.4, 0.5) is 0 Å². The summed E-state index contributed by atoms with van der Waals surface area (Å²) in [7, 11) is 0. The summed E-state index contributed by atoms with van der Waals surface area (Å²) in [6.07, 6.45) is -1.06. The summed E-state index contributed by atoms with van der Waals surface area (Å²) in [5, 5.41) is 16.9. The Morgan fingerprint density at radius 1 is 1.36 bits per heavy atom. The molecule has 1 unspecified atom stereocenters. The third kappa shape index (κ3) is 8.45. The van der Waals surface area contributed by atoms with E-state index in [4.69, 9.17) is 24.9 Å². The van der Waals surface area contributed by atoms with Crippen LogP contribution in [0, 0.1) is 0 Å². The highest BCUT2D eigenvalue weighted by Crippen LogP contribution is 2.30. The number of aliphatic hydroxyl groups excluding tert-OH is 2. The maximum atomic E-state index is 8.64. The highest BCUT2D eigenvalue weighted by molar-refractivity contribution is 8.13. The van der Waals surface area contributed by atoms with Crippen molar-refractivity contribution in [1.29, 1.82) is 0 Å². The van der Waals surface area contributed by atoms with E-state index in [0.717, 1.165) is 0 Å². The molecular formula is C3H11O6PS. The van der Waals surface area contributed by atoms with Gasteiger partial charge in [0.05, 0.1) is 13.2 Å². The van der Waals surface area contributed by atoms with Gasteiger partial charge in [-0.15, -0.1) is 0 Å². The average Bonchev–Trinajstić information content (AvgIpc) is 1.85. The zero-order chi connectivity index (χ0) is 8.91. The largest absolute Gasteiger partial charge is 0.394 e. The fraction of sp³-hybridized carbons (Fsp3) is 1.00. The predicted octanol–water partition coefficient (Wildman–Crippen LogP) is -2.26. The minimum absolute atomic E-state index is 0.249. The standard InChI is InChI=1S/C3H11O6PS/c4-1-3(5)2-9-11-10(6,7)8/h3-8,11H,1-2H2. The van der Waals surface area contributed by atoms with E-state index in [1.807, 2.05) is 0 Å². The van der Waals surface area contributed by atoms with Crippen molar-refractivity contribution in [2.45, 2.75) is 6.10 Å². The van der Waals surface area contributed by atoms with Crippen LogP contribution in [-0.4, -0.2) is 44.2 Å². The molecule has 6 nitrogen and oxygen atoms in total. The Morgan fingerprint density at radius 3 is 2.27 bits per heavy atom. The van der Waals surface area contributed by atoms with E-state index >= 15 is 0 Å². The number of rotatable bonds is 4. The first kappa shape index (κ1) is 11.5. The smallest absolute Gasteiger partial charge is 0.299 e. The highest BCUT2D eigenvalue weighted by Gasteiger charge is 2.03. The van der Waals surface area contributed by atoms with Gasteiger partial charge < -0.3 is 29.1 Å². The molecule has 11 heavy (non-hydrogen) atoms. The number of thiol groups is 1. The lowest BCUT2D eigenvalue weighted by atomic mass is 10.4. The third-order valence-electron chi connectivity index (χ3n) is 0.645. The fourth-order valence-electron chi connectivity index (χ4n) is 0.250. The van der Waals surface area contributed by atoms with E-state index in [1.165, 1.54) is 0 Å². The van der Waals surface area contributed by atoms with E-state index in [0.29, 0.717) is 0 Å². The molecule has 0 aromatic heterocycles. The van der Waals surface area contributed by atoms with Crippen LogP contribution in [0.25, 0.3) is 0 Å². The van der Waals surface area contributed by atoms with Gasteiger partial charge in [0, 0.05) is 0 Å². The molecule has 70 valence electrons. The molecule has 0 saturated heterocycles. The SMILES string of the molecule is OCC(O)CO[SH]=P(O)(O)O. The molecule has 0 heterocycles. The van der Waals surface area contributed by atoms with Crippen LogP contribution in [0.15, 0.2) is 0 Å². The monoisotopic (exact) mass is 206 g/mol. The van der Waals surface area contributed by atoms with Crippen molar-refractivity contribution in [3.8, 4) is 0 Å². The summed E-state index contributed by atoms with van der Waals surface area (Å²) in [4.78, 5) is 25.0. The molecule has 0 bridgehead atoms. The molecule has 0 aliphatic heterocycles. The fourth-order valence-corrected chi connectivity index (χ4v) is 1.31. The molecule has 0 aliphatic rings. The summed E-state index contributed by atoms with van der Waals surface area (Å²) >= 11 is -0.386. The summed E-state index contributed by atoms with van der Waals surface area (Å²) in [6.45, 7) is -4.64. The lowest BCUT2D eigenvalue weighted by Crippen LogP contribution is -2.18. The summed E-state index contributed by atoms with van der Waals surface area (Å²) in [6, 6.07) is 0. The van der Waals surface area contributed by atoms with Crippen LogP contribution in [0.2, 0.25) is 0 Å². The Hall–Kier alpha value is 0.540. The van der Waals surface area contributed by atoms with Crippen LogP contribution in [-0.2, 0) is 15.4 Å².